The zero-order valence-electron chi connectivity index (χ0n) is 15.5. The van der Waals surface area contributed by atoms with E-state index < -0.39 is 0 Å². The zero-order valence-corrected chi connectivity index (χ0v) is 18.7. The standard InChI is InChI=1S/C20H15BrN6OS2/c21-15-3-5-16(6-4-15)27-19(14-7-9-22-10-8-14)25-26-20(27)30-13-18(28)24-23-12-17-2-1-11-29-17/h1-12H,13H2,(H,24,28)/b23-12-. The van der Waals surface area contributed by atoms with Gasteiger partial charge in [0.15, 0.2) is 11.0 Å². The van der Waals surface area contributed by atoms with Gasteiger partial charge in [-0.05, 0) is 47.8 Å². The molecule has 0 aliphatic rings. The first-order valence-electron chi connectivity index (χ1n) is 8.80. The van der Waals surface area contributed by atoms with E-state index in [-0.39, 0.29) is 11.7 Å². The molecule has 4 aromatic rings. The van der Waals surface area contributed by atoms with Gasteiger partial charge in [0.2, 0.25) is 0 Å². The van der Waals surface area contributed by atoms with Crippen LogP contribution in [-0.2, 0) is 4.79 Å². The number of nitrogens with one attached hydrogen (secondary N) is 1. The van der Waals surface area contributed by atoms with Crippen molar-refractivity contribution in [2.45, 2.75) is 5.16 Å². The molecule has 1 aromatic carbocycles. The fourth-order valence-electron chi connectivity index (χ4n) is 2.57. The Morgan fingerprint density at radius 2 is 1.97 bits per heavy atom. The summed E-state index contributed by atoms with van der Waals surface area (Å²) in [6.07, 6.45) is 5.04. The molecule has 1 amide bonds. The quantitative estimate of drug-likeness (QED) is 0.232. The summed E-state index contributed by atoms with van der Waals surface area (Å²) >= 11 is 6.31. The molecule has 0 bridgehead atoms. The lowest BCUT2D eigenvalue weighted by Gasteiger charge is -2.10. The Hall–Kier alpha value is -2.82. The van der Waals surface area contributed by atoms with Gasteiger partial charge in [0.25, 0.3) is 5.91 Å². The van der Waals surface area contributed by atoms with E-state index in [0.717, 1.165) is 20.6 Å². The number of hydrazone groups is 1. The molecular weight excluding hydrogens is 484 g/mol. The van der Waals surface area contributed by atoms with Crippen LogP contribution in [0.4, 0.5) is 0 Å². The van der Waals surface area contributed by atoms with Crippen LogP contribution in [0.15, 0.2) is 81.0 Å². The van der Waals surface area contributed by atoms with Gasteiger partial charge in [-0.1, -0.05) is 33.8 Å². The average molecular weight is 499 g/mol. The number of carbonyl (C=O) groups is 1. The molecule has 150 valence electrons. The van der Waals surface area contributed by atoms with Crippen molar-refractivity contribution in [3.05, 3.63) is 75.7 Å². The van der Waals surface area contributed by atoms with Crippen LogP contribution in [0.3, 0.4) is 0 Å². The average Bonchev–Trinajstić information content (AvgIpc) is 3.43. The number of rotatable bonds is 7. The topological polar surface area (TPSA) is 85.1 Å². The first-order chi connectivity index (χ1) is 14.7. The number of pyridine rings is 1. The maximum atomic E-state index is 12.2. The highest BCUT2D eigenvalue weighted by atomic mass is 79.9. The molecule has 0 aliphatic carbocycles. The summed E-state index contributed by atoms with van der Waals surface area (Å²) in [5, 5.41) is 15.2. The summed E-state index contributed by atoms with van der Waals surface area (Å²) in [6, 6.07) is 15.4. The minimum Gasteiger partial charge on any atom is -0.272 e. The van der Waals surface area contributed by atoms with Gasteiger partial charge in [-0.3, -0.25) is 14.3 Å². The number of hydrogen-bond donors (Lipinski definition) is 1. The van der Waals surface area contributed by atoms with Crippen molar-refractivity contribution in [1.29, 1.82) is 0 Å². The molecule has 0 atom stereocenters. The second kappa shape index (κ2) is 9.79. The van der Waals surface area contributed by atoms with Gasteiger partial charge in [-0.15, -0.1) is 21.5 Å². The van der Waals surface area contributed by atoms with Crippen molar-refractivity contribution in [3.8, 4) is 17.1 Å². The molecule has 0 fully saturated rings. The van der Waals surface area contributed by atoms with Crippen LogP contribution in [0.1, 0.15) is 4.88 Å². The number of hydrogen-bond acceptors (Lipinski definition) is 7. The van der Waals surface area contributed by atoms with E-state index in [1.54, 1.807) is 29.9 Å². The fourth-order valence-corrected chi connectivity index (χ4v) is 4.16. The second-order valence-electron chi connectivity index (χ2n) is 5.95. The molecule has 0 radical (unpaired) electrons. The number of halogens is 1. The molecule has 30 heavy (non-hydrogen) atoms. The molecule has 0 saturated heterocycles. The van der Waals surface area contributed by atoms with Crippen molar-refractivity contribution in [2.24, 2.45) is 5.10 Å². The summed E-state index contributed by atoms with van der Waals surface area (Å²) in [7, 11) is 0. The summed E-state index contributed by atoms with van der Waals surface area (Å²) in [5.74, 6) is 0.620. The molecule has 4 rings (SSSR count). The molecule has 7 nitrogen and oxygen atoms in total. The van der Waals surface area contributed by atoms with Gasteiger partial charge in [-0.2, -0.15) is 5.10 Å². The first kappa shape index (κ1) is 20.5. The predicted molar refractivity (Wildman–Crippen MR) is 123 cm³/mol. The van der Waals surface area contributed by atoms with Gasteiger partial charge >= 0.3 is 0 Å². The Morgan fingerprint density at radius 1 is 1.17 bits per heavy atom. The smallest absolute Gasteiger partial charge is 0.250 e. The van der Waals surface area contributed by atoms with Gasteiger partial charge in [-0.25, -0.2) is 5.43 Å². The molecule has 0 unspecified atom stereocenters. The highest BCUT2D eigenvalue weighted by molar-refractivity contribution is 9.10. The molecule has 0 aliphatic heterocycles. The van der Waals surface area contributed by atoms with Gasteiger partial charge in [0.1, 0.15) is 0 Å². The van der Waals surface area contributed by atoms with E-state index in [2.05, 4.69) is 41.6 Å². The molecule has 3 heterocycles. The van der Waals surface area contributed by atoms with E-state index >= 15 is 0 Å². The minimum atomic E-state index is -0.219. The van der Waals surface area contributed by atoms with Gasteiger partial charge in [0, 0.05) is 33.0 Å². The van der Waals surface area contributed by atoms with Crippen LogP contribution >= 0.6 is 39.0 Å². The van der Waals surface area contributed by atoms with Crippen molar-refractivity contribution in [2.75, 3.05) is 5.75 Å². The molecule has 3 aromatic heterocycles. The second-order valence-corrected chi connectivity index (χ2v) is 8.79. The number of benzene rings is 1. The number of carbonyl (C=O) groups excluding carboxylic acids is 1. The van der Waals surface area contributed by atoms with Crippen LogP contribution in [-0.4, -0.2) is 37.6 Å². The molecule has 0 spiro atoms. The number of thiophene rings is 1. The van der Waals surface area contributed by atoms with Gasteiger partial charge in [0.05, 0.1) is 12.0 Å². The summed E-state index contributed by atoms with van der Waals surface area (Å²) in [5.41, 5.74) is 4.32. The number of nitrogens with zero attached hydrogens (tertiary/aromatic N) is 5. The summed E-state index contributed by atoms with van der Waals surface area (Å²) in [4.78, 5) is 17.2. The van der Waals surface area contributed by atoms with Crippen LogP contribution < -0.4 is 5.43 Å². The summed E-state index contributed by atoms with van der Waals surface area (Å²) < 4.78 is 2.90. The van der Waals surface area contributed by atoms with E-state index in [9.17, 15) is 4.79 Å². The van der Waals surface area contributed by atoms with Crippen LogP contribution in [0, 0.1) is 0 Å². The number of amides is 1. The lowest BCUT2D eigenvalue weighted by Crippen LogP contribution is -2.19. The van der Waals surface area contributed by atoms with Crippen LogP contribution in [0.5, 0.6) is 0 Å². The largest absolute Gasteiger partial charge is 0.272 e. The van der Waals surface area contributed by atoms with E-state index in [1.807, 2.05) is 58.5 Å². The third-order valence-corrected chi connectivity index (χ3v) is 6.18. The van der Waals surface area contributed by atoms with Crippen molar-refractivity contribution < 1.29 is 4.79 Å². The lowest BCUT2D eigenvalue weighted by atomic mass is 10.2. The van der Waals surface area contributed by atoms with Crippen molar-refractivity contribution >= 4 is 51.2 Å². The Bertz CT molecular complexity index is 1140. The highest BCUT2D eigenvalue weighted by Gasteiger charge is 2.17. The maximum absolute atomic E-state index is 12.2. The Kier molecular flexibility index (Phi) is 6.67. The first-order valence-corrected chi connectivity index (χ1v) is 11.5. The van der Waals surface area contributed by atoms with Crippen molar-refractivity contribution in [1.82, 2.24) is 25.2 Å². The van der Waals surface area contributed by atoms with Gasteiger partial charge < -0.3 is 0 Å². The SMILES string of the molecule is O=C(CSc1nnc(-c2ccncc2)n1-c1ccc(Br)cc1)N/N=C\c1cccs1. The third kappa shape index (κ3) is 5.02. The molecule has 0 saturated carbocycles. The predicted octanol–water partition coefficient (Wildman–Crippen LogP) is 4.40. The molecule has 10 heteroatoms. The Balaban J connectivity index is 1.53. The monoisotopic (exact) mass is 498 g/mol. The van der Waals surface area contributed by atoms with E-state index in [0.29, 0.717) is 11.0 Å². The fraction of sp³-hybridized carbons (Fsp3) is 0.0500. The zero-order chi connectivity index (χ0) is 20.8. The Labute approximate surface area is 189 Å². The number of aromatic nitrogens is 4. The van der Waals surface area contributed by atoms with Crippen LogP contribution in [0.25, 0.3) is 17.1 Å². The highest BCUT2D eigenvalue weighted by Crippen LogP contribution is 2.28. The van der Waals surface area contributed by atoms with Crippen molar-refractivity contribution in [3.63, 3.8) is 0 Å². The third-order valence-electron chi connectivity index (χ3n) is 3.91. The van der Waals surface area contributed by atoms with Crippen LogP contribution in [0.2, 0.25) is 0 Å². The molecular formula is C20H15BrN6OS2. The molecule has 1 N–H and O–H groups in total. The normalized spacial score (nSPS) is 11.1. The lowest BCUT2D eigenvalue weighted by molar-refractivity contribution is -0.118. The number of thioether (sulfide) groups is 1. The Morgan fingerprint density at radius 3 is 2.70 bits per heavy atom. The van der Waals surface area contributed by atoms with E-state index in [1.165, 1.54) is 11.8 Å². The van der Waals surface area contributed by atoms with E-state index in [4.69, 9.17) is 0 Å². The summed E-state index contributed by atoms with van der Waals surface area (Å²) in [6.45, 7) is 0. The maximum Gasteiger partial charge on any atom is 0.250 e. The minimum absolute atomic E-state index is 0.160.